The standard InChI is InChI=1S/C16H10ClN3O2S/c17-16-15-6-3-13(9-12(15)7-8-19-16)20-23(21,22)14-4-1-11(10-18)2-5-14/h1-9,20H. The number of sulfonamides is 1. The van der Waals surface area contributed by atoms with Gasteiger partial charge in [0, 0.05) is 17.3 Å². The molecule has 7 heteroatoms. The van der Waals surface area contributed by atoms with Gasteiger partial charge in [0.25, 0.3) is 10.0 Å². The van der Waals surface area contributed by atoms with Crippen molar-refractivity contribution in [2.24, 2.45) is 0 Å². The van der Waals surface area contributed by atoms with E-state index in [1.807, 2.05) is 6.07 Å². The van der Waals surface area contributed by atoms with Crippen LogP contribution in [0.5, 0.6) is 0 Å². The fourth-order valence-electron chi connectivity index (χ4n) is 2.13. The molecule has 1 heterocycles. The Morgan fingerprint density at radius 3 is 2.52 bits per heavy atom. The predicted octanol–water partition coefficient (Wildman–Crippen LogP) is 3.56. The summed E-state index contributed by atoms with van der Waals surface area (Å²) in [5.74, 6) is 0. The minimum atomic E-state index is -3.73. The molecule has 0 aliphatic carbocycles. The Morgan fingerprint density at radius 2 is 1.83 bits per heavy atom. The molecule has 5 nitrogen and oxygen atoms in total. The van der Waals surface area contributed by atoms with Crippen LogP contribution in [0.1, 0.15) is 5.56 Å². The maximum Gasteiger partial charge on any atom is 0.261 e. The number of halogens is 1. The number of hydrogen-bond acceptors (Lipinski definition) is 4. The van der Waals surface area contributed by atoms with Crippen molar-refractivity contribution in [3.05, 3.63) is 65.4 Å². The summed E-state index contributed by atoms with van der Waals surface area (Å²) >= 11 is 5.99. The van der Waals surface area contributed by atoms with E-state index in [1.165, 1.54) is 24.3 Å². The summed E-state index contributed by atoms with van der Waals surface area (Å²) in [6.07, 6.45) is 1.56. The average molecular weight is 344 g/mol. The summed E-state index contributed by atoms with van der Waals surface area (Å²) in [7, 11) is -3.73. The molecular weight excluding hydrogens is 334 g/mol. The largest absolute Gasteiger partial charge is 0.280 e. The Kier molecular flexibility index (Phi) is 3.90. The number of fused-ring (bicyclic) bond motifs is 1. The van der Waals surface area contributed by atoms with Gasteiger partial charge in [-0.25, -0.2) is 13.4 Å². The van der Waals surface area contributed by atoms with Crippen molar-refractivity contribution < 1.29 is 8.42 Å². The van der Waals surface area contributed by atoms with Gasteiger partial charge < -0.3 is 0 Å². The Morgan fingerprint density at radius 1 is 1.09 bits per heavy atom. The van der Waals surface area contributed by atoms with Crippen LogP contribution in [0.3, 0.4) is 0 Å². The molecule has 0 amide bonds. The topological polar surface area (TPSA) is 82.8 Å². The van der Waals surface area contributed by atoms with Gasteiger partial charge in [0.1, 0.15) is 5.15 Å². The van der Waals surface area contributed by atoms with Crippen molar-refractivity contribution in [1.29, 1.82) is 5.26 Å². The van der Waals surface area contributed by atoms with Gasteiger partial charge in [0.15, 0.2) is 0 Å². The number of hydrogen-bond donors (Lipinski definition) is 1. The Balaban J connectivity index is 1.95. The highest BCUT2D eigenvalue weighted by molar-refractivity contribution is 7.92. The third kappa shape index (κ3) is 3.11. The highest BCUT2D eigenvalue weighted by Crippen LogP contribution is 2.25. The molecule has 0 aliphatic rings. The van der Waals surface area contributed by atoms with E-state index in [0.29, 0.717) is 16.4 Å². The number of nitriles is 1. The maximum absolute atomic E-state index is 12.4. The van der Waals surface area contributed by atoms with Gasteiger partial charge in [0.05, 0.1) is 16.5 Å². The number of aromatic nitrogens is 1. The first-order valence-electron chi connectivity index (χ1n) is 6.57. The van der Waals surface area contributed by atoms with E-state index in [2.05, 4.69) is 9.71 Å². The van der Waals surface area contributed by atoms with Gasteiger partial charge in [-0.05, 0) is 53.9 Å². The number of nitrogens with one attached hydrogen (secondary N) is 1. The first kappa shape index (κ1) is 15.3. The second kappa shape index (κ2) is 5.88. The van der Waals surface area contributed by atoms with Crippen LogP contribution in [-0.4, -0.2) is 13.4 Å². The number of anilines is 1. The molecule has 0 saturated heterocycles. The molecule has 0 aliphatic heterocycles. The SMILES string of the molecule is N#Cc1ccc(S(=O)(=O)Nc2ccc3c(Cl)nccc3c2)cc1. The smallest absolute Gasteiger partial charge is 0.261 e. The summed E-state index contributed by atoms with van der Waals surface area (Å²) in [5.41, 5.74) is 0.820. The van der Waals surface area contributed by atoms with Crippen molar-refractivity contribution in [2.75, 3.05) is 4.72 Å². The molecule has 0 radical (unpaired) electrons. The van der Waals surface area contributed by atoms with Gasteiger partial charge in [-0.15, -0.1) is 0 Å². The average Bonchev–Trinajstić information content (AvgIpc) is 2.54. The minimum Gasteiger partial charge on any atom is -0.280 e. The molecule has 1 aromatic heterocycles. The summed E-state index contributed by atoms with van der Waals surface area (Å²) in [4.78, 5) is 4.06. The highest BCUT2D eigenvalue weighted by Gasteiger charge is 2.14. The Bertz CT molecular complexity index is 1030. The van der Waals surface area contributed by atoms with Gasteiger partial charge in [-0.3, -0.25) is 4.72 Å². The van der Waals surface area contributed by atoms with Crippen LogP contribution >= 0.6 is 11.6 Å². The molecule has 114 valence electrons. The predicted molar refractivity (Wildman–Crippen MR) is 88.7 cm³/mol. The van der Waals surface area contributed by atoms with E-state index >= 15 is 0 Å². The van der Waals surface area contributed by atoms with Crippen LogP contribution in [0.25, 0.3) is 10.8 Å². The zero-order chi connectivity index (χ0) is 16.4. The van der Waals surface area contributed by atoms with E-state index < -0.39 is 10.0 Å². The van der Waals surface area contributed by atoms with E-state index in [0.717, 1.165) is 10.8 Å². The fraction of sp³-hybridized carbons (Fsp3) is 0. The third-order valence-corrected chi connectivity index (χ3v) is 4.96. The molecule has 1 N–H and O–H groups in total. The highest BCUT2D eigenvalue weighted by atomic mass is 35.5. The Hall–Kier alpha value is -2.62. The number of nitrogens with zero attached hydrogens (tertiary/aromatic N) is 2. The first-order valence-corrected chi connectivity index (χ1v) is 8.43. The van der Waals surface area contributed by atoms with Gasteiger partial charge in [-0.1, -0.05) is 11.6 Å². The molecule has 0 fully saturated rings. The normalized spacial score (nSPS) is 11.1. The van der Waals surface area contributed by atoms with Crippen molar-refractivity contribution in [3.8, 4) is 6.07 Å². The molecule has 0 atom stereocenters. The van der Waals surface area contributed by atoms with Crippen molar-refractivity contribution >= 4 is 38.1 Å². The van der Waals surface area contributed by atoms with Gasteiger partial charge in [-0.2, -0.15) is 5.26 Å². The van der Waals surface area contributed by atoms with E-state index in [4.69, 9.17) is 16.9 Å². The minimum absolute atomic E-state index is 0.0874. The lowest BCUT2D eigenvalue weighted by molar-refractivity contribution is 0.601. The summed E-state index contributed by atoms with van der Waals surface area (Å²) in [5, 5.41) is 10.7. The summed E-state index contributed by atoms with van der Waals surface area (Å²) in [6.45, 7) is 0. The van der Waals surface area contributed by atoms with Crippen LogP contribution in [0.15, 0.2) is 59.6 Å². The summed E-state index contributed by atoms with van der Waals surface area (Å²) in [6, 6.07) is 14.4. The van der Waals surface area contributed by atoms with Crippen LogP contribution in [0.4, 0.5) is 5.69 Å². The molecule has 2 aromatic carbocycles. The van der Waals surface area contributed by atoms with Crippen LogP contribution in [-0.2, 0) is 10.0 Å². The lowest BCUT2D eigenvalue weighted by Gasteiger charge is -2.09. The second-order valence-electron chi connectivity index (χ2n) is 4.78. The molecule has 23 heavy (non-hydrogen) atoms. The zero-order valence-corrected chi connectivity index (χ0v) is 13.3. The molecule has 3 rings (SSSR count). The van der Waals surface area contributed by atoms with Crippen molar-refractivity contribution in [1.82, 2.24) is 4.98 Å². The first-order chi connectivity index (χ1) is 11.0. The maximum atomic E-state index is 12.4. The molecule has 0 spiro atoms. The summed E-state index contributed by atoms with van der Waals surface area (Å²) < 4.78 is 27.3. The molecule has 0 saturated carbocycles. The molecule has 0 unspecified atom stereocenters. The lowest BCUT2D eigenvalue weighted by atomic mass is 10.1. The fourth-order valence-corrected chi connectivity index (χ4v) is 3.41. The third-order valence-electron chi connectivity index (χ3n) is 3.26. The molecule has 3 aromatic rings. The van der Waals surface area contributed by atoms with Gasteiger partial charge in [0.2, 0.25) is 0 Å². The number of pyridine rings is 1. The van der Waals surface area contributed by atoms with Crippen molar-refractivity contribution in [3.63, 3.8) is 0 Å². The lowest BCUT2D eigenvalue weighted by Crippen LogP contribution is -2.12. The van der Waals surface area contributed by atoms with Crippen LogP contribution in [0.2, 0.25) is 5.15 Å². The second-order valence-corrected chi connectivity index (χ2v) is 6.82. The monoisotopic (exact) mass is 343 g/mol. The van der Waals surface area contributed by atoms with E-state index in [1.54, 1.807) is 30.5 Å². The van der Waals surface area contributed by atoms with Crippen molar-refractivity contribution in [2.45, 2.75) is 4.90 Å². The molecule has 0 bridgehead atoms. The zero-order valence-electron chi connectivity index (χ0n) is 11.7. The quantitative estimate of drug-likeness (QED) is 0.737. The van der Waals surface area contributed by atoms with Crippen LogP contribution in [0, 0.1) is 11.3 Å². The number of rotatable bonds is 3. The Labute approximate surface area is 138 Å². The van der Waals surface area contributed by atoms with E-state index in [9.17, 15) is 8.42 Å². The molecular formula is C16H10ClN3O2S. The van der Waals surface area contributed by atoms with E-state index in [-0.39, 0.29) is 4.90 Å². The number of benzene rings is 2. The van der Waals surface area contributed by atoms with Gasteiger partial charge >= 0.3 is 0 Å². The van der Waals surface area contributed by atoms with Crippen LogP contribution < -0.4 is 4.72 Å².